The van der Waals surface area contributed by atoms with Gasteiger partial charge in [0.05, 0.1) is 0 Å². The van der Waals surface area contributed by atoms with Gasteiger partial charge in [0, 0.05) is 22.4 Å². The number of thioether (sulfide) groups is 1. The van der Waals surface area contributed by atoms with Crippen molar-refractivity contribution >= 4 is 19.7 Å². The van der Waals surface area contributed by atoms with Gasteiger partial charge in [-0.15, -0.1) is 7.92 Å². The van der Waals surface area contributed by atoms with Crippen LogP contribution in [0.15, 0.2) is 0 Å². The molecule has 0 amide bonds. The predicted molar refractivity (Wildman–Crippen MR) is 60.5 cm³/mol. The normalized spacial score (nSPS) is 10.0. The van der Waals surface area contributed by atoms with Crippen LogP contribution in [0.1, 0.15) is 27.2 Å². The molecule has 12 heavy (non-hydrogen) atoms. The van der Waals surface area contributed by atoms with Gasteiger partial charge >= 0.3 is 0 Å². The van der Waals surface area contributed by atoms with Gasteiger partial charge in [0.1, 0.15) is 0 Å². The Hall–Kier alpha value is 1.52. The molecule has 0 aliphatic carbocycles. The minimum Gasteiger partial charge on any atom is -0.162 e. The van der Waals surface area contributed by atoms with Crippen LogP contribution in [0.5, 0.6) is 0 Å². The Morgan fingerprint density at radius 1 is 1.00 bits per heavy atom. The SMILES string of the molecule is CCCSCCP(CC)CC.[Au]. The molecule has 0 N–H and O–H groups in total. The molecule has 0 aromatic heterocycles. The third-order valence-corrected chi connectivity index (χ3v) is 5.93. The third-order valence-electron chi connectivity index (χ3n) is 1.79. The van der Waals surface area contributed by atoms with Crippen LogP contribution < -0.4 is 0 Å². The van der Waals surface area contributed by atoms with Gasteiger partial charge in [-0.1, -0.05) is 20.8 Å². The van der Waals surface area contributed by atoms with Gasteiger partial charge in [-0.25, -0.2) is 0 Å². The summed E-state index contributed by atoms with van der Waals surface area (Å²) in [5.41, 5.74) is 0. The molecule has 0 saturated carbocycles. The molecule has 0 spiro atoms. The molecule has 3 heteroatoms. The van der Waals surface area contributed by atoms with Gasteiger partial charge in [0.15, 0.2) is 0 Å². The van der Waals surface area contributed by atoms with Crippen LogP contribution in [0.3, 0.4) is 0 Å². The molecule has 0 rings (SSSR count). The molecule has 0 unspecified atom stereocenters. The van der Waals surface area contributed by atoms with Crippen molar-refractivity contribution < 1.29 is 22.4 Å². The van der Waals surface area contributed by atoms with Crippen molar-refractivity contribution in [1.29, 1.82) is 0 Å². The second kappa shape index (κ2) is 12.5. The summed E-state index contributed by atoms with van der Waals surface area (Å²) in [6.07, 6.45) is 5.69. The van der Waals surface area contributed by atoms with Gasteiger partial charge in [-0.2, -0.15) is 11.8 Å². The largest absolute Gasteiger partial charge is 0.162 e. The minimum absolute atomic E-state index is 0. The van der Waals surface area contributed by atoms with E-state index in [1.54, 1.807) is 0 Å². The summed E-state index contributed by atoms with van der Waals surface area (Å²) in [6, 6.07) is 0. The Bertz CT molecular complexity index is 76.9. The summed E-state index contributed by atoms with van der Waals surface area (Å²) >= 11 is 2.13. The zero-order valence-corrected chi connectivity index (χ0v) is 12.3. The fourth-order valence-electron chi connectivity index (χ4n) is 0.980. The summed E-state index contributed by atoms with van der Waals surface area (Å²) in [4.78, 5) is 0. The second-order valence-corrected chi connectivity index (χ2v) is 6.92. The molecule has 0 saturated heterocycles. The Morgan fingerprint density at radius 3 is 2.00 bits per heavy atom. The number of hydrogen-bond donors (Lipinski definition) is 0. The quantitative estimate of drug-likeness (QED) is 0.364. The summed E-state index contributed by atoms with van der Waals surface area (Å²) < 4.78 is 0. The first-order valence-corrected chi connectivity index (χ1v) is 7.70. The minimum atomic E-state index is 0. The first kappa shape index (κ1) is 16.0. The summed E-state index contributed by atoms with van der Waals surface area (Å²) in [7, 11) is 0.406. The van der Waals surface area contributed by atoms with Gasteiger partial charge in [0.2, 0.25) is 0 Å². The van der Waals surface area contributed by atoms with Crippen LogP contribution in [-0.4, -0.2) is 30.0 Å². The molecule has 1 radical (unpaired) electrons. The molecule has 0 atom stereocenters. The first-order chi connectivity index (χ1) is 5.35. The van der Waals surface area contributed by atoms with Crippen molar-refractivity contribution in [3.05, 3.63) is 0 Å². The standard InChI is InChI=1S/C9H21PS.Au/c1-4-8-11-9-7-10(5-2)6-3;/h4-9H2,1-3H3;. The molecule has 0 heterocycles. The second-order valence-electron chi connectivity index (χ2n) is 2.64. The molecule has 0 bridgehead atoms. The van der Waals surface area contributed by atoms with E-state index in [1.165, 1.54) is 36.4 Å². The molecule has 0 nitrogen and oxygen atoms in total. The average molecular weight is 389 g/mol. The van der Waals surface area contributed by atoms with Crippen molar-refractivity contribution in [3.8, 4) is 0 Å². The summed E-state index contributed by atoms with van der Waals surface area (Å²) in [6.45, 7) is 6.93. The van der Waals surface area contributed by atoms with Crippen LogP contribution in [0.25, 0.3) is 0 Å². The van der Waals surface area contributed by atoms with E-state index in [1.807, 2.05) is 0 Å². The zero-order valence-electron chi connectivity index (χ0n) is 8.40. The maximum Gasteiger partial charge on any atom is 0 e. The number of rotatable bonds is 7. The van der Waals surface area contributed by atoms with Crippen molar-refractivity contribution in [3.63, 3.8) is 0 Å². The van der Waals surface area contributed by atoms with Gasteiger partial charge in [-0.05, 0) is 36.4 Å². The maximum atomic E-state index is 2.33. The van der Waals surface area contributed by atoms with E-state index in [2.05, 4.69) is 32.5 Å². The molecule has 0 aromatic rings. The molecular formula is C9H21AuPS. The van der Waals surface area contributed by atoms with Crippen molar-refractivity contribution in [2.75, 3.05) is 30.0 Å². The molecule has 0 aromatic carbocycles. The van der Waals surface area contributed by atoms with Gasteiger partial charge in [0.25, 0.3) is 0 Å². The van der Waals surface area contributed by atoms with E-state index in [9.17, 15) is 0 Å². The van der Waals surface area contributed by atoms with E-state index in [-0.39, 0.29) is 22.4 Å². The molecule has 79 valence electrons. The van der Waals surface area contributed by atoms with Crippen molar-refractivity contribution in [2.24, 2.45) is 0 Å². The van der Waals surface area contributed by atoms with Gasteiger partial charge in [-0.3, -0.25) is 0 Å². The predicted octanol–water partition coefficient (Wildman–Crippen LogP) is 3.65. The van der Waals surface area contributed by atoms with Crippen molar-refractivity contribution in [1.82, 2.24) is 0 Å². The Labute approximate surface area is 98.9 Å². The van der Waals surface area contributed by atoms with E-state index < -0.39 is 0 Å². The van der Waals surface area contributed by atoms with Crippen LogP contribution in [0, 0.1) is 0 Å². The zero-order chi connectivity index (χ0) is 8.53. The van der Waals surface area contributed by atoms with Crippen LogP contribution >= 0.6 is 19.7 Å². The fourth-order valence-corrected chi connectivity index (χ4v) is 4.10. The van der Waals surface area contributed by atoms with E-state index >= 15 is 0 Å². The van der Waals surface area contributed by atoms with Crippen LogP contribution in [0.2, 0.25) is 0 Å². The molecule has 0 fully saturated rings. The van der Waals surface area contributed by atoms with Crippen LogP contribution in [-0.2, 0) is 22.4 Å². The summed E-state index contributed by atoms with van der Waals surface area (Å²) in [5, 5.41) is 0. The van der Waals surface area contributed by atoms with E-state index in [4.69, 9.17) is 0 Å². The first-order valence-electron chi connectivity index (χ1n) is 4.65. The third kappa shape index (κ3) is 9.61. The summed E-state index contributed by atoms with van der Waals surface area (Å²) in [5.74, 6) is 2.76. The molecule has 0 aliphatic heterocycles. The van der Waals surface area contributed by atoms with Gasteiger partial charge < -0.3 is 0 Å². The molecule has 0 aliphatic rings. The van der Waals surface area contributed by atoms with Crippen LogP contribution in [0.4, 0.5) is 0 Å². The van der Waals surface area contributed by atoms with Crippen molar-refractivity contribution in [2.45, 2.75) is 27.2 Å². The van der Waals surface area contributed by atoms with E-state index in [0.29, 0.717) is 7.92 Å². The maximum absolute atomic E-state index is 2.33. The monoisotopic (exact) mass is 389 g/mol. The Balaban J connectivity index is 0. The Kier molecular flexibility index (Phi) is 16.7. The Morgan fingerprint density at radius 2 is 1.58 bits per heavy atom. The number of hydrogen-bond acceptors (Lipinski definition) is 1. The van der Waals surface area contributed by atoms with E-state index in [0.717, 1.165) is 0 Å². The fraction of sp³-hybridized carbons (Fsp3) is 1.00. The molecular weight excluding hydrogens is 368 g/mol. The topological polar surface area (TPSA) is 0 Å². The smallest absolute Gasteiger partial charge is 0 e. The average Bonchev–Trinajstić information content (AvgIpc) is 2.05.